The Bertz CT molecular complexity index is 737. The normalized spacial score (nSPS) is 22.7. The highest BCUT2D eigenvalue weighted by atomic mass is 35.5. The highest BCUT2D eigenvalue weighted by molar-refractivity contribution is 6.32. The second-order valence-corrected chi connectivity index (χ2v) is 7.60. The van der Waals surface area contributed by atoms with Crippen molar-refractivity contribution in [3.05, 3.63) is 40.5 Å². The van der Waals surface area contributed by atoms with Crippen molar-refractivity contribution >= 4 is 22.5 Å². The van der Waals surface area contributed by atoms with Crippen LogP contribution in [0.25, 0.3) is 10.9 Å². The largest absolute Gasteiger partial charge is 0.377 e. The Hall–Kier alpha value is -1.20. The number of halogens is 1. The van der Waals surface area contributed by atoms with E-state index < -0.39 is 0 Å². The number of hydrogen-bond donors (Lipinski definition) is 0. The van der Waals surface area contributed by atoms with Crippen LogP contribution in [0.1, 0.15) is 24.1 Å². The van der Waals surface area contributed by atoms with Crippen LogP contribution >= 0.6 is 11.6 Å². The summed E-state index contributed by atoms with van der Waals surface area (Å²) in [5, 5.41) is 1.97. The second kappa shape index (κ2) is 7.58. The first-order valence-electron chi connectivity index (χ1n) is 9.31. The Labute approximate surface area is 154 Å². The third kappa shape index (κ3) is 3.82. The minimum atomic E-state index is 0.450. The van der Waals surface area contributed by atoms with Gasteiger partial charge in [0, 0.05) is 51.3 Å². The number of benzene rings is 1. The summed E-state index contributed by atoms with van der Waals surface area (Å²) in [7, 11) is 0. The Balaban J connectivity index is 1.40. The van der Waals surface area contributed by atoms with Crippen LogP contribution in [0.5, 0.6) is 0 Å². The average molecular weight is 360 g/mol. The van der Waals surface area contributed by atoms with Gasteiger partial charge in [-0.15, -0.1) is 0 Å². The lowest BCUT2D eigenvalue weighted by atomic mass is 10.1. The molecule has 2 saturated heterocycles. The van der Waals surface area contributed by atoms with E-state index in [0.29, 0.717) is 6.10 Å². The van der Waals surface area contributed by atoms with Crippen molar-refractivity contribution in [3.63, 3.8) is 0 Å². The van der Waals surface area contributed by atoms with Crippen LogP contribution < -0.4 is 0 Å². The van der Waals surface area contributed by atoms with Crippen molar-refractivity contribution in [3.8, 4) is 0 Å². The van der Waals surface area contributed by atoms with Crippen molar-refractivity contribution in [2.24, 2.45) is 0 Å². The smallest absolute Gasteiger partial charge is 0.0740 e. The molecule has 0 saturated carbocycles. The highest BCUT2D eigenvalue weighted by Gasteiger charge is 2.23. The van der Waals surface area contributed by atoms with E-state index in [4.69, 9.17) is 21.3 Å². The van der Waals surface area contributed by atoms with Crippen molar-refractivity contribution in [1.82, 2.24) is 14.8 Å². The zero-order valence-corrected chi connectivity index (χ0v) is 15.6. The minimum absolute atomic E-state index is 0.450. The zero-order chi connectivity index (χ0) is 17.2. The van der Waals surface area contributed by atoms with E-state index in [9.17, 15) is 0 Å². The van der Waals surface area contributed by atoms with Crippen LogP contribution in [0, 0.1) is 6.92 Å². The molecule has 134 valence electrons. The van der Waals surface area contributed by atoms with E-state index >= 15 is 0 Å². The maximum Gasteiger partial charge on any atom is 0.0740 e. The van der Waals surface area contributed by atoms with Crippen molar-refractivity contribution in [1.29, 1.82) is 0 Å². The highest BCUT2D eigenvalue weighted by Crippen LogP contribution is 2.28. The number of rotatable bonds is 4. The summed E-state index contributed by atoms with van der Waals surface area (Å²) in [6.45, 7) is 9.28. The standard InChI is InChI=1S/C20H26ClN3O/c1-15-17-6-2-3-7-18(17)22-19(20(15)21)14-24-10-8-23(9-11-24)13-16-5-4-12-25-16/h2-3,6-7,16H,4-5,8-14H2,1H3/t16-/m1/s1. The van der Waals surface area contributed by atoms with Gasteiger partial charge in [-0.2, -0.15) is 0 Å². The second-order valence-electron chi connectivity index (χ2n) is 7.23. The molecule has 5 heteroatoms. The quantitative estimate of drug-likeness (QED) is 0.835. The molecular formula is C20H26ClN3O. The molecule has 0 amide bonds. The van der Waals surface area contributed by atoms with Gasteiger partial charge in [0.2, 0.25) is 0 Å². The fourth-order valence-electron chi connectivity index (χ4n) is 3.94. The van der Waals surface area contributed by atoms with Gasteiger partial charge in [-0.05, 0) is 31.4 Å². The van der Waals surface area contributed by atoms with E-state index in [1.165, 1.54) is 12.8 Å². The number of hydrogen-bond acceptors (Lipinski definition) is 4. The summed E-state index contributed by atoms with van der Waals surface area (Å²) in [5.41, 5.74) is 3.18. The fourth-order valence-corrected chi connectivity index (χ4v) is 4.14. The predicted octanol–water partition coefficient (Wildman–Crippen LogP) is 3.49. The van der Waals surface area contributed by atoms with Crippen LogP contribution in [0.2, 0.25) is 5.02 Å². The van der Waals surface area contributed by atoms with E-state index in [0.717, 1.165) is 73.1 Å². The first kappa shape index (κ1) is 17.2. The molecule has 25 heavy (non-hydrogen) atoms. The Kier molecular flexibility index (Phi) is 5.23. The molecule has 3 heterocycles. The molecule has 2 fully saturated rings. The number of pyridine rings is 1. The van der Waals surface area contributed by atoms with E-state index in [1.807, 2.05) is 12.1 Å². The third-order valence-corrected chi connectivity index (χ3v) is 5.97. The molecule has 0 spiro atoms. The van der Waals surface area contributed by atoms with Crippen LogP contribution in [-0.4, -0.2) is 60.2 Å². The summed E-state index contributed by atoms with van der Waals surface area (Å²) < 4.78 is 5.77. The van der Waals surface area contributed by atoms with Gasteiger partial charge in [-0.25, -0.2) is 4.98 Å². The summed E-state index contributed by atoms with van der Waals surface area (Å²) >= 11 is 6.62. The third-order valence-electron chi connectivity index (χ3n) is 5.47. The average Bonchev–Trinajstić information content (AvgIpc) is 3.14. The summed E-state index contributed by atoms with van der Waals surface area (Å²) in [5.74, 6) is 0. The lowest BCUT2D eigenvalue weighted by molar-refractivity contribution is 0.0487. The molecule has 0 bridgehead atoms. The molecule has 4 nitrogen and oxygen atoms in total. The SMILES string of the molecule is Cc1c(Cl)c(CN2CCN(C[C@H]3CCCO3)CC2)nc2ccccc12. The number of ether oxygens (including phenoxy) is 1. The molecule has 2 aliphatic heterocycles. The van der Waals surface area contributed by atoms with Crippen LogP contribution in [-0.2, 0) is 11.3 Å². The first-order valence-corrected chi connectivity index (χ1v) is 9.68. The summed E-state index contributed by atoms with van der Waals surface area (Å²) in [6, 6.07) is 8.25. The van der Waals surface area contributed by atoms with Gasteiger partial charge in [0.1, 0.15) is 0 Å². The van der Waals surface area contributed by atoms with Gasteiger partial charge in [-0.1, -0.05) is 29.8 Å². The molecule has 2 aromatic rings. The van der Waals surface area contributed by atoms with E-state index in [-0.39, 0.29) is 0 Å². The van der Waals surface area contributed by atoms with Gasteiger partial charge in [0.25, 0.3) is 0 Å². The van der Waals surface area contributed by atoms with Crippen molar-refractivity contribution in [2.75, 3.05) is 39.3 Å². The summed E-state index contributed by atoms with van der Waals surface area (Å²) in [4.78, 5) is 9.83. The van der Waals surface area contributed by atoms with Gasteiger partial charge >= 0.3 is 0 Å². The number of para-hydroxylation sites is 1. The van der Waals surface area contributed by atoms with E-state index in [2.05, 4.69) is 28.9 Å². The molecule has 4 rings (SSSR count). The number of aromatic nitrogens is 1. The van der Waals surface area contributed by atoms with Gasteiger partial charge in [0.05, 0.1) is 22.3 Å². The van der Waals surface area contributed by atoms with E-state index in [1.54, 1.807) is 0 Å². The summed E-state index contributed by atoms with van der Waals surface area (Å²) in [6.07, 6.45) is 2.89. The fraction of sp³-hybridized carbons (Fsp3) is 0.550. The molecule has 0 radical (unpaired) electrons. The Morgan fingerprint density at radius 3 is 2.68 bits per heavy atom. The Morgan fingerprint density at radius 2 is 1.92 bits per heavy atom. The molecule has 1 aromatic heterocycles. The Morgan fingerprint density at radius 1 is 1.16 bits per heavy atom. The molecule has 1 aromatic carbocycles. The number of fused-ring (bicyclic) bond motifs is 1. The minimum Gasteiger partial charge on any atom is -0.377 e. The van der Waals surface area contributed by atoms with Gasteiger partial charge < -0.3 is 4.74 Å². The van der Waals surface area contributed by atoms with Crippen molar-refractivity contribution in [2.45, 2.75) is 32.4 Å². The molecule has 0 unspecified atom stereocenters. The molecule has 1 atom stereocenters. The number of piperazine rings is 1. The monoisotopic (exact) mass is 359 g/mol. The van der Waals surface area contributed by atoms with Crippen LogP contribution in [0.4, 0.5) is 0 Å². The lowest BCUT2D eigenvalue weighted by Crippen LogP contribution is -2.48. The van der Waals surface area contributed by atoms with Crippen molar-refractivity contribution < 1.29 is 4.74 Å². The number of nitrogens with zero attached hydrogens (tertiary/aromatic N) is 3. The maximum absolute atomic E-state index is 6.62. The maximum atomic E-state index is 6.62. The number of aryl methyl sites for hydroxylation is 1. The van der Waals surface area contributed by atoms with Crippen LogP contribution in [0.15, 0.2) is 24.3 Å². The molecular weight excluding hydrogens is 334 g/mol. The van der Waals surface area contributed by atoms with Gasteiger partial charge in [0.15, 0.2) is 0 Å². The van der Waals surface area contributed by atoms with Crippen LogP contribution in [0.3, 0.4) is 0 Å². The lowest BCUT2D eigenvalue weighted by Gasteiger charge is -2.35. The van der Waals surface area contributed by atoms with Gasteiger partial charge in [-0.3, -0.25) is 9.80 Å². The topological polar surface area (TPSA) is 28.6 Å². The predicted molar refractivity (Wildman–Crippen MR) is 102 cm³/mol. The molecule has 2 aliphatic rings. The molecule has 0 N–H and O–H groups in total. The zero-order valence-electron chi connectivity index (χ0n) is 14.9. The molecule has 0 aliphatic carbocycles. The first-order chi connectivity index (χ1) is 12.2.